The van der Waals surface area contributed by atoms with Gasteiger partial charge in [0.15, 0.2) is 5.65 Å². The molecule has 0 bridgehead atoms. The third-order valence-corrected chi connectivity index (χ3v) is 3.48. The van der Waals surface area contributed by atoms with E-state index in [0.29, 0.717) is 6.04 Å². The maximum Gasteiger partial charge on any atom is 0.177 e. The van der Waals surface area contributed by atoms with Gasteiger partial charge in [0.2, 0.25) is 0 Å². The molecule has 0 saturated heterocycles. The SMILES string of the molecule is CCN(CC)CC(C)NCc1ccnc2nc[nH]c12. The van der Waals surface area contributed by atoms with E-state index in [1.165, 1.54) is 5.56 Å². The van der Waals surface area contributed by atoms with Crippen molar-refractivity contribution in [1.82, 2.24) is 25.2 Å². The van der Waals surface area contributed by atoms with Crippen LogP contribution in [-0.4, -0.2) is 45.5 Å². The summed E-state index contributed by atoms with van der Waals surface area (Å²) in [6.45, 7) is 10.7. The number of nitrogens with zero attached hydrogens (tertiary/aromatic N) is 3. The Morgan fingerprint density at radius 1 is 1.32 bits per heavy atom. The number of likely N-dealkylation sites (N-methyl/N-ethyl adjacent to an activating group) is 1. The van der Waals surface area contributed by atoms with Crippen molar-refractivity contribution in [1.29, 1.82) is 0 Å². The Morgan fingerprint density at radius 2 is 2.11 bits per heavy atom. The third-order valence-electron chi connectivity index (χ3n) is 3.48. The average Bonchev–Trinajstić information content (AvgIpc) is 2.91. The zero-order valence-electron chi connectivity index (χ0n) is 12.0. The molecule has 0 radical (unpaired) electrons. The molecule has 2 aromatic heterocycles. The van der Waals surface area contributed by atoms with E-state index in [2.05, 4.69) is 45.9 Å². The van der Waals surface area contributed by atoms with Gasteiger partial charge in [0.25, 0.3) is 0 Å². The molecule has 0 spiro atoms. The summed E-state index contributed by atoms with van der Waals surface area (Å²) in [5.41, 5.74) is 3.04. The van der Waals surface area contributed by atoms with E-state index in [1.54, 1.807) is 6.33 Å². The quantitative estimate of drug-likeness (QED) is 0.797. The summed E-state index contributed by atoms with van der Waals surface area (Å²) in [5.74, 6) is 0. The third kappa shape index (κ3) is 3.52. The molecule has 0 saturated carbocycles. The predicted molar refractivity (Wildman–Crippen MR) is 78.0 cm³/mol. The molecule has 5 nitrogen and oxygen atoms in total. The second kappa shape index (κ2) is 6.63. The summed E-state index contributed by atoms with van der Waals surface area (Å²) in [6.07, 6.45) is 3.51. The normalized spacial score (nSPS) is 13.3. The molecule has 1 unspecified atom stereocenters. The minimum absolute atomic E-state index is 0.464. The van der Waals surface area contributed by atoms with Gasteiger partial charge in [0, 0.05) is 25.3 Å². The van der Waals surface area contributed by atoms with Crippen LogP contribution in [-0.2, 0) is 6.54 Å². The number of pyridine rings is 1. The van der Waals surface area contributed by atoms with Crippen molar-refractivity contribution in [3.63, 3.8) is 0 Å². The first-order valence-electron chi connectivity index (χ1n) is 6.97. The Bertz CT molecular complexity index is 503. The Labute approximate surface area is 114 Å². The summed E-state index contributed by atoms with van der Waals surface area (Å²) in [7, 11) is 0. The van der Waals surface area contributed by atoms with Crippen molar-refractivity contribution in [2.24, 2.45) is 0 Å². The fraction of sp³-hybridized carbons (Fsp3) is 0.571. The Balaban J connectivity index is 1.93. The lowest BCUT2D eigenvalue weighted by atomic mass is 10.2. The van der Waals surface area contributed by atoms with Crippen LogP contribution in [0.3, 0.4) is 0 Å². The molecule has 2 rings (SSSR count). The van der Waals surface area contributed by atoms with Gasteiger partial charge in [0.05, 0.1) is 11.8 Å². The summed E-state index contributed by atoms with van der Waals surface area (Å²) in [6, 6.07) is 2.50. The highest BCUT2D eigenvalue weighted by molar-refractivity contribution is 5.73. The van der Waals surface area contributed by atoms with Gasteiger partial charge >= 0.3 is 0 Å². The molecule has 0 aromatic carbocycles. The first-order chi connectivity index (χ1) is 9.24. The van der Waals surface area contributed by atoms with E-state index in [9.17, 15) is 0 Å². The van der Waals surface area contributed by atoms with Gasteiger partial charge < -0.3 is 15.2 Å². The summed E-state index contributed by atoms with van der Waals surface area (Å²) >= 11 is 0. The number of imidazole rings is 1. The average molecular weight is 261 g/mol. The first-order valence-corrected chi connectivity index (χ1v) is 6.97. The number of hydrogen-bond donors (Lipinski definition) is 2. The molecule has 0 aliphatic rings. The van der Waals surface area contributed by atoms with Crippen LogP contribution in [0.5, 0.6) is 0 Å². The molecule has 2 heterocycles. The lowest BCUT2D eigenvalue weighted by molar-refractivity contribution is 0.271. The number of aromatic amines is 1. The number of rotatable bonds is 7. The molecule has 1 atom stereocenters. The van der Waals surface area contributed by atoms with Gasteiger partial charge in [-0.05, 0) is 31.6 Å². The van der Waals surface area contributed by atoms with Crippen LogP contribution < -0.4 is 5.32 Å². The molecule has 0 amide bonds. The van der Waals surface area contributed by atoms with E-state index in [1.807, 2.05) is 12.3 Å². The van der Waals surface area contributed by atoms with Crippen LogP contribution in [0.25, 0.3) is 11.2 Å². The predicted octanol–water partition coefficient (Wildman–Crippen LogP) is 1.78. The molecule has 5 heteroatoms. The van der Waals surface area contributed by atoms with E-state index < -0.39 is 0 Å². The van der Waals surface area contributed by atoms with Crippen molar-refractivity contribution < 1.29 is 0 Å². The summed E-state index contributed by atoms with van der Waals surface area (Å²) in [5, 5.41) is 3.56. The maximum absolute atomic E-state index is 4.23. The van der Waals surface area contributed by atoms with Gasteiger partial charge in [-0.15, -0.1) is 0 Å². The van der Waals surface area contributed by atoms with Gasteiger partial charge in [0.1, 0.15) is 0 Å². The van der Waals surface area contributed by atoms with Crippen LogP contribution in [0.15, 0.2) is 18.6 Å². The van der Waals surface area contributed by atoms with Crippen LogP contribution in [0.1, 0.15) is 26.3 Å². The van der Waals surface area contributed by atoms with Crippen molar-refractivity contribution in [3.05, 3.63) is 24.2 Å². The minimum atomic E-state index is 0.464. The zero-order valence-corrected chi connectivity index (χ0v) is 12.0. The van der Waals surface area contributed by atoms with E-state index in [-0.39, 0.29) is 0 Å². The molecular weight excluding hydrogens is 238 g/mol. The second-order valence-electron chi connectivity index (χ2n) is 4.84. The van der Waals surface area contributed by atoms with Gasteiger partial charge in [-0.3, -0.25) is 0 Å². The largest absolute Gasteiger partial charge is 0.343 e. The monoisotopic (exact) mass is 261 g/mol. The number of fused-ring (bicyclic) bond motifs is 1. The Morgan fingerprint density at radius 3 is 2.84 bits per heavy atom. The van der Waals surface area contributed by atoms with Crippen molar-refractivity contribution in [3.8, 4) is 0 Å². The van der Waals surface area contributed by atoms with Crippen molar-refractivity contribution >= 4 is 11.2 Å². The number of hydrogen-bond acceptors (Lipinski definition) is 4. The van der Waals surface area contributed by atoms with Crippen LogP contribution in [0.2, 0.25) is 0 Å². The smallest absolute Gasteiger partial charge is 0.177 e. The van der Waals surface area contributed by atoms with Crippen molar-refractivity contribution in [2.75, 3.05) is 19.6 Å². The second-order valence-corrected chi connectivity index (χ2v) is 4.84. The molecule has 0 aliphatic carbocycles. The van der Waals surface area contributed by atoms with Crippen LogP contribution in [0.4, 0.5) is 0 Å². The standard InChI is InChI=1S/C14H23N5/c1-4-19(5-2)9-11(3)16-8-12-6-7-15-14-13(12)17-10-18-14/h6-7,10-11,16H,4-5,8-9H2,1-3H3,(H,15,17,18). The molecule has 19 heavy (non-hydrogen) atoms. The molecule has 0 aliphatic heterocycles. The zero-order chi connectivity index (χ0) is 13.7. The van der Waals surface area contributed by atoms with Gasteiger partial charge in [-0.25, -0.2) is 9.97 Å². The molecule has 2 N–H and O–H groups in total. The number of aromatic nitrogens is 3. The van der Waals surface area contributed by atoms with Gasteiger partial charge in [-0.1, -0.05) is 13.8 Å². The maximum atomic E-state index is 4.23. The highest BCUT2D eigenvalue weighted by Gasteiger charge is 2.08. The summed E-state index contributed by atoms with van der Waals surface area (Å²) < 4.78 is 0. The number of H-pyrrole nitrogens is 1. The fourth-order valence-electron chi connectivity index (χ4n) is 2.27. The molecular formula is C14H23N5. The van der Waals surface area contributed by atoms with E-state index in [0.717, 1.165) is 37.3 Å². The highest BCUT2D eigenvalue weighted by atomic mass is 15.1. The molecule has 104 valence electrons. The highest BCUT2D eigenvalue weighted by Crippen LogP contribution is 2.11. The fourth-order valence-corrected chi connectivity index (χ4v) is 2.27. The molecule has 2 aromatic rings. The van der Waals surface area contributed by atoms with Crippen LogP contribution >= 0.6 is 0 Å². The Kier molecular flexibility index (Phi) is 4.87. The van der Waals surface area contributed by atoms with Gasteiger partial charge in [-0.2, -0.15) is 0 Å². The minimum Gasteiger partial charge on any atom is -0.343 e. The topological polar surface area (TPSA) is 56.8 Å². The lowest BCUT2D eigenvalue weighted by Gasteiger charge is -2.23. The van der Waals surface area contributed by atoms with Crippen molar-refractivity contribution in [2.45, 2.75) is 33.4 Å². The first kappa shape index (κ1) is 14.0. The van der Waals surface area contributed by atoms with E-state index in [4.69, 9.17) is 0 Å². The molecule has 0 fully saturated rings. The summed E-state index contributed by atoms with van der Waals surface area (Å²) in [4.78, 5) is 14.0. The number of nitrogens with one attached hydrogen (secondary N) is 2. The van der Waals surface area contributed by atoms with E-state index >= 15 is 0 Å². The Hall–Kier alpha value is -1.46. The lowest BCUT2D eigenvalue weighted by Crippen LogP contribution is -2.38. The van der Waals surface area contributed by atoms with Crippen LogP contribution in [0, 0.1) is 0 Å².